The van der Waals surface area contributed by atoms with Gasteiger partial charge in [-0.25, -0.2) is 4.79 Å². The van der Waals surface area contributed by atoms with E-state index in [1.807, 2.05) is 0 Å². The largest absolute Gasteiger partial charge is 0.479 e. The summed E-state index contributed by atoms with van der Waals surface area (Å²) >= 11 is 2.11. The highest BCUT2D eigenvalue weighted by Gasteiger charge is 2.57. The van der Waals surface area contributed by atoms with Gasteiger partial charge in [0.2, 0.25) is 0 Å². The van der Waals surface area contributed by atoms with Crippen molar-refractivity contribution in [2.45, 2.75) is 145 Å². The number of carboxylic acid groups (broad SMARTS) is 1. The molecule has 0 amide bonds. The van der Waals surface area contributed by atoms with Gasteiger partial charge in [0, 0.05) is 10.3 Å². The fraction of sp³-hybridized carbons (Fsp3) is 0.966. The van der Waals surface area contributed by atoms with Gasteiger partial charge in [0.1, 0.15) is 30.5 Å². The molecule has 0 bridgehead atoms. The van der Waals surface area contributed by atoms with E-state index in [9.17, 15) is 48.6 Å². The van der Waals surface area contributed by atoms with Crippen LogP contribution in [0.3, 0.4) is 0 Å². The number of hydrogen-bond donors (Lipinski definition) is 6. The van der Waals surface area contributed by atoms with E-state index in [-0.39, 0.29) is 18.3 Å². The van der Waals surface area contributed by atoms with Crippen LogP contribution in [-0.4, -0.2) is 127 Å². The predicted molar refractivity (Wildman–Crippen MR) is 157 cm³/mol. The Morgan fingerprint density at radius 2 is 1.58 bits per heavy atom. The van der Waals surface area contributed by atoms with Gasteiger partial charge in [-0.1, -0.05) is 68.0 Å². The molecule has 0 aromatic carbocycles. The van der Waals surface area contributed by atoms with Crippen molar-refractivity contribution in [2.24, 2.45) is 17.8 Å². The van der Waals surface area contributed by atoms with Gasteiger partial charge in [0.15, 0.2) is 24.8 Å². The fourth-order valence-corrected chi connectivity index (χ4v) is 7.92. The number of alkyl halides is 4. The van der Waals surface area contributed by atoms with E-state index >= 15 is 0 Å². The zero-order chi connectivity index (χ0) is 33.1. The van der Waals surface area contributed by atoms with Crippen LogP contribution < -0.4 is 0 Å². The zero-order valence-electron chi connectivity index (χ0n) is 25.1. The molecule has 45 heavy (non-hydrogen) atoms. The van der Waals surface area contributed by atoms with E-state index in [1.54, 1.807) is 6.92 Å². The number of aliphatic hydroxyl groups is 5. The van der Waals surface area contributed by atoms with Crippen LogP contribution in [0.15, 0.2) is 0 Å². The minimum Gasteiger partial charge on any atom is -0.479 e. The summed E-state index contributed by atoms with van der Waals surface area (Å²) in [6.07, 6.45) is -17.2. The molecule has 262 valence electrons. The first-order valence-electron chi connectivity index (χ1n) is 15.7. The van der Waals surface area contributed by atoms with E-state index in [4.69, 9.17) is 23.7 Å². The van der Waals surface area contributed by atoms with Crippen molar-refractivity contribution in [3.05, 3.63) is 0 Å². The van der Waals surface area contributed by atoms with Gasteiger partial charge in [-0.15, -0.1) is 0 Å². The van der Waals surface area contributed by atoms with Gasteiger partial charge in [0.25, 0.3) is 0 Å². The molecule has 6 N–H and O–H groups in total. The summed E-state index contributed by atoms with van der Waals surface area (Å²) in [5, 5.41) is 61.5. The van der Waals surface area contributed by atoms with Crippen LogP contribution in [0.4, 0.5) is 13.2 Å². The number of ether oxygens (including phenoxy) is 5. The quantitative estimate of drug-likeness (QED) is 0.133. The van der Waals surface area contributed by atoms with Crippen LogP contribution in [0.5, 0.6) is 0 Å². The first kappa shape index (κ1) is 37.4. The van der Waals surface area contributed by atoms with E-state index < -0.39 is 98.3 Å². The number of rotatable bonds is 11. The summed E-state index contributed by atoms with van der Waals surface area (Å²) in [6.45, 7) is 1.04. The molecule has 2 aliphatic heterocycles. The van der Waals surface area contributed by atoms with Crippen molar-refractivity contribution in [2.75, 3.05) is 11.0 Å². The summed E-state index contributed by atoms with van der Waals surface area (Å²) in [5.41, 5.74) is 0. The van der Waals surface area contributed by atoms with Crippen LogP contribution in [0, 0.1) is 17.8 Å². The average molecular weight is 771 g/mol. The maximum absolute atomic E-state index is 13.6. The summed E-state index contributed by atoms with van der Waals surface area (Å²) in [5.74, 6) is -1.98. The smallest absolute Gasteiger partial charge is 0.417 e. The number of carbonyl (C=O) groups is 1. The van der Waals surface area contributed by atoms with Gasteiger partial charge in [-0.05, 0) is 31.1 Å². The Morgan fingerprint density at radius 3 is 2.18 bits per heavy atom. The molecule has 0 aromatic heterocycles. The molecule has 2 saturated carbocycles. The number of aliphatic hydroxyl groups excluding tert-OH is 5. The van der Waals surface area contributed by atoms with Crippen molar-refractivity contribution in [3.63, 3.8) is 0 Å². The second kappa shape index (κ2) is 16.3. The average Bonchev–Trinajstić information content (AvgIpc) is 3.00. The van der Waals surface area contributed by atoms with Crippen LogP contribution >= 0.6 is 22.6 Å². The number of aliphatic carboxylic acids is 1. The minimum atomic E-state index is -5.04. The number of halogens is 4. The Balaban J connectivity index is 1.51. The third kappa shape index (κ3) is 8.99. The van der Waals surface area contributed by atoms with Crippen LogP contribution in [-0.2, 0) is 28.5 Å². The van der Waals surface area contributed by atoms with Crippen molar-refractivity contribution < 1.29 is 72.3 Å². The molecule has 4 rings (SSSR count). The van der Waals surface area contributed by atoms with Gasteiger partial charge in [-0.2, -0.15) is 13.2 Å². The monoisotopic (exact) mass is 770 g/mol. The summed E-state index contributed by atoms with van der Waals surface area (Å²) in [4.78, 5) is 12.2. The fourth-order valence-electron chi connectivity index (χ4n) is 6.98. The second-order valence-electron chi connectivity index (χ2n) is 12.8. The van der Waals surface area contributed by atoms with E-state index in [1.165, 1.54) is 0 Å². The summed E-state index contributed by atoms with van der Waals surface area (Å²) in [7, 11) is 0. The molecule has 0 radical (unpaired) electrons. The molecule has 4 fully saturated rings. The third-order valence-electron chi connectivity index (χ3n) is 9.61. The van der Waals surface area contributed by atoms with Crippen molar-refractivity contribution >= 4 is 28.6 Å². The lowest BCUT2D eigenvalue weighted by atomic mass is 9.84. The van der Waals surface area contributed by atoms with E-state index in [0.717, 1.165) is 32.1 Å². The third-order valence-corrected chi connectivity index (χ3v) is 10.7. The molecule has 2 aliphatic carbocycles. The Labute approximate surface area is 273 Å². The van der Waals surface area contributed by atoms with Crippen LogP contribution in [0.25, 0.3) is 0 Å². The molecule has 0 aromatic rings. The molecule has 2 heterocycles. The molecular weight excluding hydrogens is 724 g/mol. The lowest BCUT2D eigenvalue weighted by Crippen LogP contribution is -2.63. The molecule has 2 saturated heterocycles. The molecule has 12 nitrogen and oxygen atoms in total. The molecular formula is C29H46F3IO12. The Kier molecular flexibility index (Phi) is 13.6. The normalized spacial score (nSPS) is 42.8. The van der Waals surface area contributed by atoms with Crippen LogP contribution in [0.2, 0.25) is 0 Å². The van der Waals surface area contributed by atoms with E-state index in [0.29, 0.717) is 23.7 Å². The number of carboxylic acids is 1. The maximum Gasteiger partial charge on any atom is 0.417 e. The van der Waals surface area contributed by atoms with Crippen LogP contribution in [0.1, 0.15) is 64.7 Å². The summed E-state index contributed by atoms with van der Waals surface area (Å²) < 4.78 is 70.3. The van der Waals surface area contributed by atoms with E-state index in [2.05, 4.69) is 22.6 Å². The van der Waals surface area contributed by atoms with Crippen molar-refractivity contribution in [3.8, 4) is 0 Å². The van der Waals surface area contributed by atoms with Crippen molar-refractivity contribution in [1.29, 1.82) is 0 Å². The van der Waals surface area contributed by atoms with Gasteiger partial charge < -0.3 is 54.3 Å². The second-order valence-corrected chi connectivity index (χ2v) is 13.7. The predicted octanol–water partition coefficient (Wildman–Crippen LogP) is 1.88. The highest BCUT2D eigenvalue weighted by atomic mass is 127. The number of hydrogen-bond acceptors (Lipinski definition) is 11. The zero-order valence-corrected chi connectivity index (χ0v) is 27.2. The highest BCUT2D eigenvalue weighted by Crippen LogP contribution is 2.40. The molecule has 5 unspecified atom stereocenters. The Morgan fingerprint density at radius 1 is 0.889 bits per heavy atom. The molecule has 16 heteroatoms. The standard InChI is InChI=1S/C29H46F3IO12/c1-13-23(41-17(26(39)40)10-14-6-3-2-4-7-14)19(35)18(12-34)43-27(13)42-16-9-5-8-15(11-33)24(16)44-28-22(38)20(36)21(37)25(45-28)29(30,31)32/h13-25,27-28,34-38H,2-12H2,1H3,(H,39,40)/t13?,15?,16-,17+,18+,19+,20+,21?,22+,23?,24-,25-,27-,28?/m1/s1. The Bertz CT molecular complexity index is 943. The molecule has 0 spiro atoms. The van der Waals surface area contributed by atoms with Gasteiger partial charge in [0.05, 0.1) is 24.9 Å². The van der Waals surface area contributed by atoms with Crippen molar-refractivity contribution in [1.82, 2.24) is 0 Å². The lowest BCUT2D eigenvalue weighted by Gasteiger charge is -2.48. The summed E-state index contributed by atoms with van der Waals surface area (Å²) in [6, 6.07) is 0. The first-order valence-corrected chi connectivity index (χ1v) is 17.2. The maximum atomic E-state index is 13.6. The lowest BCUT2D eigenvalue weighted by molar-refractivity contribution is -0.372. The SMILES string of the molecule is CC1C(O[C@@H](CC2CCCCC2)C(=O)O)[C@@H](O)[C@H](CO)O[C@H]1O[C@@H]1CCCC(CI)[C@H]1OC1O[C@@H](C(F)(F)F)C(O)[C@H](O)[C@@H]1O. The molecule has 4 aliphatic rings. The minimum absolute atomic E-state index is 0.173. The topological polar surface area (TPSA) is 185 Å². The Hall–Kier alpha value is -0.410. The van der Waals surface area contributed by atoms with Gasteiger partial charge in [-0.3, -0.25) is 0 Å². The molecule has 14 atom stereocenters. The first-order chi connectivity index (χ1) is 21.3. The van der Waals surface area contributed by atoms with Gasteiger partial charge >= 0.3 is 12.1 Å². The highest BCUT2D eigenvalue weighted by molar-refractivity contribution is 14.1.